The van der Waals surface area contributed by atoms with Crippen molar-refractivity contribution in [1.82, 2.24) is 19.9 Å². The third-order valence-corrected chi connectivity index (χ3v) is 3.59. The minimum Gasteiger partial charge on any atom is -0.379 e. The van der Waals surface area contributed by atoms with Crippen molar-refractivity contribution in [3.05, 3.63) is 18.6 Å². The molecule has 0 unspecified atom stereocenters. The first kappa shape index (κ1) is 13.3. The standard InChI is InChI=1S/C14H21N5O/c1-18(2)7-11-8-19(5-6-20-9-11)14-12-3-4-15-13(12)16-10-17-14/h3-4,10-11H,5-9H2,1-2H3,(H,15,16,17)/t11-/m0/s1. The number of rotatable bonds is 3. The van der Waals surface area contributed by atoms with Crippen LogP contribution in [0.5, 0.6) is 0 Å². The number of hydrogen-bond acceptors (Lipinski definition) is 5. The summed E-state index contributed by atoms with van der Waals surface area (Å²) in [6, 6.07) is 2.04. The lowest BCUT2D eigenvalue weighted by atomic mass is 10.1. The Morgan fingerprint density at radius 3 is 3.20 bits per heavy atom. The Kier molecular flexibility index (Phi) is 3.84. The Bertz CT molecular complexity index is 567. The zero-order chi connectivity index (χ0) is 13.9. The van der Waals surface area contributed by atoms with Crippen LogP contribution < -0.4 is 4.90 Å². The molecule has 1 aliphatic heterocycles. The van der Waals surface area contributed by atoms with Crippen molar-refractivity contribution >= 4 is 16.9 Å². The third kappa shape index (κ3) is 2.76. The van der Waals surface area contributed by atoms with Gasteiger partial charge in [0.05, 0.1) is 18.6 Å². The summed E-state index contributed by atoms with van der Waals surface area (Å²) < 4.78 is 5.73. The first-order valence-electron chi connectivity index (χ1n) is 6.99. The highest BCUT2D eigenvalue weighted by atomic mass is 16.5. The number of aromatic nitrogens is 3. The van der Waals surface area contributed by atoms with E-state index in [0.29, 0.717) is 5.92 Å². The van der Waals surface area contributed by atoms with Gasteiger partial charge in [-0.15, -0.1) is 0 Å². The van der Waals surface area contributed by atoms with Crippen LogP contribution in [-0.2, 0) is 4.74 Å². The molecule has 3 rings (SSSR count). The van der Waals surface area contributed by atoms with E-state index < -0.39 is 0 Å². The molecule has 6 heteroatoms. The van der Waals surface area contributed by atoms with E-state index in [-0.39, 0.29) is 0 Å². The highest BCUT2D eigenvalue weighted by Gasteiger charge is 2.22. The number of aromatic amines is 1. The van der Waals surface area contributed by atoms with Gasteiger partial charge >= 0.3 is 0 Å². The summed E-state index contributed by atoms with van der Waals surface area (Å²) in [5.41, 5.74) is 0.893. The molecule has 1 saturated heterocycles. The van der Waals surface area contributed by atoms with Crippen LogP contribution in [-0.4, -0.2) is 66.8 Å². The van der Waals surface area contributed by atoms with Crippen LogP contribution in [0, 0.1) is 5.92 Å². The second-order valence-electron chi connectivity index (χ2n) is 5.59. The summed E-state index contributed by atoms with van der Waals surface area (Å²) >= 11 is 0. The lowest BCUT2D eigenvalue weighted by Gasteiger charge is -2.26. The topological polar surface area (TPSA) is 57.3 Å². The predicted molar refractivity (Wildman–Crippen MR) is 79.0 cm³/mol. The van der Waals surface area contributed by atoms with Crippen molar-refractivity contribution in [3.8, 4) is 0 Å². The first-order valence-corrected chi connectivity index (χ1v) is 6.99. The molecule has 6 nitrogen and oxygen atoms in total. The molecule has 3 heterocycles. The van der Waals surface area contributed by atoms with Crippen molar-refractivity contribution in [2.45, 2.75) is 0 Å². The van der Waals surface area contributed by atoms with Gasteiger partial charge in [0.15, 0.2) is 0 Å². The Labute approximate surface area is 118 Å². The van der Waals surface area contributed by atoms with Crippen molar-refractivity contribution in [2.75, 3.05) is 51.8 Å². The minimum atomic E-state index is 0.497. The molecule has 0 aromatic carbocycles. The number of ether oxygens (including phenoxy) is 1. The van der Waals surface area contributed by atoms with Crippen molar-refractivity contribution in [1.29, 1.82) is 0 Å². The summed E-state index contributed by atoms with van der Waals surface area (Å²) in [5, 5.41) is 1.08. The molecular formula is C14H21N5O. The van der Waals surface area contributed by atoms with Crippen LogP contribution in [0.1, 0.15) is 0 Å². The number of anilines is 1. The lowest BCUT2D eigenvalue weighted by Crippen LogP contribution is -2.35. The molecule has 0 bridgehead atoms. The highest BCUT2D eigenvalue weighted by Crippen LogP contribution is 2.23. The number of H-pyrrole nitrogens is 1. The van der Waals surface area contributed by atoms with Gasteiger partial charge in [-0.05, 0) is 20.2 Å². The molecule has 1 aliphatic rings. The molecular weight excluding hydrogens is 254 g/mol. The fraction of sp³-hybridized carbons (Fsp3) is 0.571. The Morgan fingerprint density at radius 1 is 1.45 bits per heavy atom. The Morgan fingerprint density at radius 2 is 2.35 bits per heavy atom. The molecule has 108 valence electrons. The number of hydrogen-bond donors (Lipinski definition) is 1. The molecule has 0 saturated carbocycles. The SMILES string of the molecule is CN(C)C[C@@H]1COCCN(c2ncnc3[nH]ccc23)C1. The molecule has 2 aromatic rings. The predicted octanol–water partition coefficient (Wildman–Crippen LogP) is 0.972. The summed E-state index contributed by atoms with van der Waals surface area (Å²) in [7, 11) is 4.20. The van der Waals surface area contributed by atoms with E-state index >= 15 is 0 Å². The maximum Gasteiger partial charge on any atom is 0.142 e. The van der Waals surface area contributed by atoms with Gasteiger partial charge in [0.2, 0.25) is 0 Å². The Hall–Kier alpha value is -1.66. The zero-order valence-electron chi connectivity index (χ0n) is 12.0. The van der Waals surface area contributed by atoms with Crippen LogP contribution in [0.2, 0.25) is 0 Å². The van der Waals surface area contributed by atoms with Gasteiger partial charge in [0.1, 0.15) is 17.8 Å². The number of fused-ring (bicyclic) bond motifs is 1. The summed E-state index contributed by atoms with van der Waals surface area (Å²) in [4.78, 5) is 16.4. The van der Waals surface area contributed by atoms with E-state index in [9.17, 15) is 0 Å². The van der Waals surface area contributed by atoms with Gasteiger partial charge in [0, 0.05) is 31.7 Å². The molecule has 1 atom stereocenters. The van der Waals surface area contributed by atoms with Gasteiger partial charge < -0.3 is 19.5 Å². The second kappa shape index (κ2) is 5.76. The van der Waals surface area contributed by atoms with Crippen LogP contribution in [0.3, 0.4) is 0 Å². The van der Waals surface area contributed by atoms with Crippen molar-refractivity contribution in [3.63, 3.8) is 0 Å². The van der Waals surface area contributed by atoms with Gasteiger partial charge in [-0.3, -0.25) is 0 Å². The van der Waals surface area contributed by atoms with Crippen molar-refractivity contribution < 1.29 is 4.74 Å². The average Bonchev–Trinajstić information content (AvgIpc) is 2.78. The van der Waals surface area contributed by atoms with Crippen LogP contribution in [0.15, 0.2) is 18.6 Å². The number of nitrogens with one attached hydrogen (secondary N) is 1. The largest absolute Gasteiger partial charge is 0.379 e. The lowest BCUT2D eigenvalue weighted by molar-refractivity contribution is 0.113. The molecule has 1 N–H and O–H groups in total. The highest BCUT2D eigenvalue weighted by molar-refractivity contribution is 5.87. The zero-order valence-corrected chi connectivity index (χ0v) is 12.0. The quantitative estimate of drug-likeness (QED) is 0.904. The molecule has 0 radical (unpaired) electrons. The maximum absolute atomic E-state index is 5.73. The maximum atomic E-state index is 5.73. The Balaban J connectivity index is 1.86. The van der Waals surface area contributed by atoms with E-state index in [1.165, 1.54) is 0 Å². The normalized spacial score (nSPS) is 20.6. The average molecular weight is 275 g/mol. The molecule has 0 aliphatic carbocycles. The fourth-order valence-electron chi connectivity index (χ4n) is 2.81. The van der Waals surface area contributed by atoms with Gasteiger partial charge in [-0.1, -0.05) is 0 Å². The van der Waals surface area contributed by atoms with Crippen LogP contribution in [0.4, 0.5) is 5.82 Å². The van der Waals surface area contributed by atoms with E-state index in [1.807, 2.05) is 12.3 Å². The van der Waals surface area contributed by atoms with E-state index in [2.05, 4.69) is 38.8 Å². The summed E-state index contributed by atoms with van der Waals surface area (Å²) in [5.74, 6) is 1.50. The number of nitrogens with zero attached hydrogens (tertiary/aromatic N) is 4. The van der Waals surface area contributed by atoms with Gasteiger partial charge in [-0.25, -0.2) is 9.97 Å². The summed E-state index contributed by atoms with van der Waals surface area (Å²) in [6.07, 6.45) is 3.54. The van der Waals surface area contributed by atoms with Crippen molar-refractivity contribution in [2.24, 2.45) is 5.92 Å². The van der Waals surface area contributed by atoms with Crippen LogP contribution >= 0.6 is 0 Å². The molecule has 0 spiro atoms. The van der Waals surface area contributed by atoms with E-state index in [0.717, 1.165) is 49.7 Å². The van der Waals surface area contributed by atoms with Gasteiger partial charge in [0.25, 0.3) is 0 Å². The van der Waals surface area contributed by atoms with E-state index in [1.54, 1.807) is 6.33 Å². The third-order valence-electron chi connectivity index (χ3n) is 3.59. The van der Waals surface area contributed by atoms with Gasteiger partial charge in [-0.2, -0.15) is 0 Å². The first-order chi connectivity index (χ1) is 9.74. The molecule has 2 aromatic heterocycles. The smallest absolute Gasteiger partial charge is 0.142 e. The van der Waals surface area contributed by atoms with Crippen LogP contribution in [0.25, 0.3) is 11.0 Å². The monoisotopic (exact) mass is 275 g/mol. The minimum absolute atomic E-state index is 0.497. The molecule has 20 heavy (non-hydrogen) atoms. The van der Waals surface area contributed by atoms with E-state index in [4.69, 9.17) is 4.74 Å². The summed E-state index contributed by atoms with van der Waals surface area (Å²) in [6.45, 7) is 4.43. The fourth-order valence-corrected chi connectivity index (χ4v) is 2.81. The second-order valence-corrected chi connectivity index (χ2v) is 5.59. The molecule has 0 amide bonds. The molecule has 1 fully saturated rings.